The molecule has 0 bridgehead atoms. The van der Waals surface area contributed by atoms with Gasteiger partial charge in [0, 0.05) is 0 Å². The number of aliphatic hydroxyl groups excluding tert-OH is 2. The van der Waals surface area contributed by atoms with E-state index in [2.05, 4.69) is 41.5 Å². The maximum absolute atomic E-state index is 11.1. The van der Waals surface area contributed by atoms with Crippen molar-refractivity contribution in [3.05, 3.63) is 0 Å². The summed E-state index contributed by atoms with van der Waals surface area (Å²) in [5.74, 6) is 1.67. The Kier molecular flexibility index (Phi) is 16.1. The molecule has 0 spiro atoms. The molecule has 0 radical (unpaired) electrons. The largest absolute Gasteiger partial charge is 0.387 e. The fourth-order valence-electron chi connectivity index (χ4n) is 3.26. The third-order valence-corrected chi connectivity index (χ3v) is 3.89. The Labute approximate surface area is 218 Å². The molecule has 1 fully saturated rings. The van der Waals surface area contributed by atoms with Crippen LogP contribution in [0.15, 0.2) is 0 Å². The summed E-state index contributed by atoms with van der Waals surface area (Å²) in [6, 6.07) is 0. The van der Waals surface area contributed by atoms with Crippen LogP contribution in [0.4, 0.5) is 0 Å². The minimum absolute atomic E-state index is 0.128. The van der Waals surface area contributed by atoms with Crippen LogP contribution in [0.5, 0.6) is 0 Å². The van der Waals surface area contributed by atoms with E-state index in [0.717, 1.165) is 11.8 Å². The quantitative estimate of drug-likeness (QED) is 0.450. The van der Waals surface area contributed by atoms with E-state index in [0.29, 0.717) is 0 Å². The lowest BCUT2D eigenvalue weighted by molar-refractivity contribution is -0.306. The van der Waals surface area contributed by atoms with E-state index in [1.165, 1.54) is 0 Å². The van der Waals surface area contributed by atoms with Crippen LogP contribution in [0.2, 0.25) is 0 Å². The fraction of sp³-hybridized carbons (Fsp3) is 1.00. The normalized spacial score (nSPS) is 27.9. The van der Waals surface area contributed by atoms with Crippen LogP contribution in [0, 0.1) is 11.8 Å². The molecule has 1 saturated carbocycles. The van der Waals surface area contributed by atoms with E-state index in [1.54, 1.807) is 0 Å². The average Bonchev–Trinajstić information content (AvgIpc) is 2.55. The molecule has 2 N–H and O–H groups in total. The molecule has 0 aromatic carbocycles. The zero-order valence-corrected chi connectivity index (χ0v) is 26.2. The minimum atomic E-state index is -1.06. The van der Waals surface area contributed by atoms with Gasteiger partial charge in [-0.05, 0) is 88.0 Å². The predicted molar refractivity (Wildman–Crippen MR) is 147 cm³/mol. The van der Waals surface area contributed by atoms with Gasteiger partial charge in [-0.3, -0.25) is 0 Å². The highest BCUT2D eigenvalue weighted by Gasteiger charge is 2.55. The van der Waals surface area contributed by atoms with Crippen molar-refractivity contribution in [3.8, 4) is 0 Å². The van der Waals surface area contributed by atoms with Gasteiger partial charge < -0.3 is 29.2 Å². The van der Waals surface area contributed by atoms with Crippen molar-refractivity contribution in [1.29, 1.82) is 0 Å². The lowest BCUT2D eigenvalue weighted by Gasteiger charge is -2.51. The molecule has 0 aliphatic heterocycles. The van der Waals surface area contributed by atoms with Gasteiger partial charge in [-0.25, -0.2) is 0 Å². The standard InChI is InChI=1S/C21H42O6.2C4H10/c1-12(2)24-16-13(22)15(25-19(3,4)5)14(23)17(26-20(6,7)8)18(16)27-21(9,10)11;2*1-4(2)3/h12-18,22-23H,1-11H3;2*4H,1-3H3. The number of hydrogen-bond donors (Lipinski definition) is 2. The topological polar surface area (TPSA) is 77.4 Å². The molecule has 6 nitrogen and oxygen atoms in total. The molecular formula is C29H62O6. The first-order valence-corrected chi connectivity index (χ1v) is 13.4. The van der Waals surface area contributed by atoms with Gasteiger partial charge in [0.2, 0.25) is 0 Å². The van der Waals surface area contributed by atoms with Gasteiger partial charge in [-0.1, -0.05) is 41.5 Å². The molecule has 35 heavy (non-hydrogen) atoms. The summed E-state index contributed by atoms with van der Waals surface area (Å²) in [6.07, 6.45) is -5.11. The first-order valence-electron chi connectivity index (χ1n) is 13.4. The van der Waals surface area contributed by atoms with Crippen LogP contribution in [0.25, 0.3) is 0 Å². The van der Waals surface area contributed by atoms with E-state index in [-0.39, 0.29) is 6.10 Å². The highest BCUT2D eigenvalue weighted by Crippen LogP contribution is 2.36. The van der Waals surface area contributed by atoms with E-state index >= 15 is 0 Å². The van der Waals surface area contributed by atoms with E-state index in [4.69, 9.17) is 18.9 Å². The monoisotopic (exact) mass is 506 g/mol. The highest BCUT2D eigenvalue weighted by atomic mass is 16.6. The van der Waals surface area contributed by atoms with Crippen molar-refractivity contribution < 1.29 is 29.2 Å². The van der Waals surface area contributed by atoms with Crippen LogP contribution in [-0.4, -0.2) is 69.7 Å². The smallest absolute Gasteiger partial charge is 0.116 e. The number of aliphatic hydroxyl groups is 2. The van der Waals surface area contributed by atoms with Crippen molar-refractivity contribution in [1.82, 2.24) is 0 Å². The second-order valence-corrected chi connectivity index (χ2v) is 14.2. The summed E-state index contributed by atoms with van der Waals surface area (Å²) in [5, 5.41) is 22.1. The number of ether oxygens (including phenoxy) is 4. The highest BCUT2D eigenvalue weighted by molar-refractivity contribution is 5.04. The molecule has 1 rings (SSSR count). The summed E-state index contributed by atoms with van der Waals surface area (Å²) in [7, 11) is 0. The Hall–Kier alpha value is -0.240. The van der Waals surface area contributed by atoms with E-state index in [1.807, 2.05) is 76.2 Å². The Balaban J connectivity index is 0. The second-order valence-electron chi connectivity index (χ2n) is 14.2. The second kappa shape index (κ2) is 15.2. The molecule has 6 atom stereocenters. The summed E-state index contributed by atoms with van der Waals surface area (Å²) < 4.78 is 24.5. The summed E-state index contributed by atoms with van der Waals surface area (Å²) in [5.41, 5.74) is -1.55. The molecule has 0 aromatic heterocycles. The molecule has 0 amide bonds. The summed E-state index contributed by atoms with van der Waals surface area (Å²) >= 11 is 0. The molecule has 6 heteroatoms. The molecule has 0 heterocycles. The molecule has 1 aliphatic rings. The Morgan fingerprint density at radius 2 is 0.714 bits per heavy atom. The zero-order valence-electron chi connectivity index (χ0n) is 26.2. The minimum Gasteiger partial charge on any atom is -0.387 e. The maximum atomic E-state index is 11.1. The fourth-order valence-corrected chi connectivity index (χ4v) is 3.26. The van der Waals surface area contributed by atoms with Gasteiger partial charge >= 0.3 is 0 Å². The van der Waals surface area contributed by atoms with E-state index < -0.39 is 53.4 Å². The van der Waals surface area contributed by atoms with Crippen LogP contribution < -0.4 is 0 Å². The van der Waals surface area contributed by atoms with E-state index in [9.17, 15) is 10.2 Å². The number of hydrogen-bond acceptors (Lipinski definition) is 6. The Bertz CT molecular complexity index is 527. The lowest BCUT2D eigenvalue weighted by atomic mass is 9.83. The van der Waals surface area contributed by atoms with Crippen LogP contribution in [-0.2, 0) is 18.9 Å². The summed E-state index contributed by atoms with van der Waals surface area (Å²) in [6.45, 7) is 34.1. The van der Waals surface area contributed by atoms with Crippen LogP contribution in [0.1, 0.15) is 118 Å². The molecular weight excluding hydrogens is 444 g/mol. The van der Waals surface area contributed by atoms with Crippen LogP contribution >= 0.6 is 0 Å². The predicted octanol–water partition coefficient (Wildman–Crippen LogP) is 6.39. The summed E-state index contributed by atoms with van der Waals surface area (Å²) in [4.78, 5) is 0. The van der Waals surface area contributed by atoms with Gasteiger partial charge in [-0.15, -0.1) is 0 Å². The van der Waals surface area contributed by atoms with Gasteiger partial charge in [-0.2, -0.15) is 0 Å². The Morgan fingerprint density at radius 1 is 0.457 bits per heavy atom. The third kappa shape index (κ3) is 18.6. The Morgan fingerprint density at radius 3 is 1.00 bits per heavy atom. The van der Waals surface area contributed by atoms with Crippen molar-refractivity contribution in [2.75, 3.05) is 0 Å². The van der Waals surface area contributed by atoms with Crippen molar-refractivity contribution in [3.63, 3.8) is 0 Å². The van der Waals surface area contributed by atoms with Gasteiger partial charge in [0.1, 0.15) is 36.6 Å². The van der Waals surface area contributed by atoms with Crippen molar-refractivity contribution in [2.24, 2.45) is 11.8 Å². The van der Waals surface area contributed by atoms with Gasteiger partial charge in [0.05, 0.1) is 22.9 Å². The SMILES string of the molecule is CC(C)C.CC(C)C.CC(C)OC1C(O)C(OC(C)(C)C)C(O)C(OC(C)(C)C)C1OC(C)(C)C. The lowest BCUT2D eigenvalue weighted by Crippen LogP contribution is -2.69. The molecule has 0 aromatic rings. The van der Waals surface area contributed by atoms with Crippen LogP contribution in [0.3, 0.4) is 0 Å². The molecule has 214 valence electrons. The third-order valence-electron chi connectivity index (χ3n) is 3.89. The number of rotatable bonds is 5. The average molecular weight is 507 g/mol. The maximum Gasteiger partial charge on any atom is 0.116 e. The molecule has 6 unspecified atom stereocenters. The van der Waals surface area contributed by atoms with Crippen molar-refractivity contribution in [2.45, 2.75) is 177 Å². The zero-order chi connectivity index (χ0) is 28.5. The van der Waals surface area contributed by atoms with Crippen molar-refractivity contribution >= 4 is 0 Å². The molecule has 1 aliphatic carbocycles. The van der Waals surface area contributed by atoms with Gasteiger partial charge in [0.15, 0.2) is 0 Å². The first kappa shape index (κ1) is 36.9. The van der Waals surface area contributed by atoms with Gasteiger partial charge in [0.25, 0.3) is 0 Å². The molecule has 0 saturated heterocycles. The first-order chi connectivity index (χ1) is 15.4.